The van der Waals surface area contributed by atoms with Crippen LogP contribution in [0.1, 0.15) is 18.5 Å². The van der Waals surface area contributed by atoms with Gasteiger partial charge in [-0.1, -0.05) is 0 Å². The molecule has 0 saturated carbocycles. The number of hydrogen-bond acceptors (Lipinski definition) is 7. The standard InChI is InChI=1S/C19H29N7O5S2/c1-15-18(12-21-23(15)3)33(30,31)26-6-4-5-16(13-26)19(27)24-7-9-25(10-8-24)32(28,29)17-11-20-22(2)14-17/h11-12,14,16H,4-10,13H2,1-3H3. The summed E-state index contributed by atoms with van der Waals surface area (Å²) in [7, 11) is -4.06. The number of nitrogens with zero attached hydrogens (tertiary/aromatic N) is 7. The first-order valence-electron chi connectivity index (χ1n) is 10.8. The number of piperazine rings is 1. The van der Waals surface area contributed by atoms with Gasteiger partial charge in [0.05, 0.1) is 24.0 Å². The summed E-state index contributed by atoms with van der Waals surface area (Å²) in [6.45, 7) is 3.08. The molecular formula is C19H29N7O5S2. The van der Waals surface area contributed by atoms with Crippen LogP contribution in [0.25, 0.3) is 0 Å². The smallest absolute Gasteiger partial charge is 0.246 e. The summed E-state index contributed by atoms with van der Waals surface area (Å²) >= 11 is 0. The Morgan fingerprint density at radius 2 is 1.64 bits per heavy atom. The number of rotatable bonds is 5. The SMILES string of the molecule is Cc1c(S(=O)(=O)N2CCCC(C(=O)N3CCN(S(=O)(=O)c4cnn(C)c4)CC3)C2)cnn1C. The third kappa shape index (κ3) is 4.44. The molecule has 1 unspecified atom stereocenters. The number of carbonyl (C=O) groups excluding carboxylic acids is 1. The van der Waals surface area contributed by atoms with E-state index < -0.39 is 26.0 Å². The van der Waals surface area contributed by atoms with Gasteiger partial charge < -0.3 is 4.90 Å². The van der Waals surface area contributed by atoms with Gasteiger partial charge in [0.15, 0.2) is 0 Å². The zero-order valence-corrected chi connectivity index (χ0v) is 20.6. The van der Waals surface area contributed by atoms with Crippen LogP contribution in [-0.4, -0.2) is 95.1 Å². The molecule has 2 aromatic rings. The van der Waals surface area contributed by atoms with Gasteiger partial charge in [-0.05, 0) is 19.8 Å². The number of aromatic nitrogens is 4. The van der Waals surface area contributed by atoms with Crippen LogP contribution < -0.4 is 0 Å². The highest BCUT2D eigenvalue weighted by Gasteiger charge is 2.38. The molecule has 2 aromatic heterocycles. The van der Waals surface area contributed by atoms with E-state index in [1.807, 2.05) is 0 Å². The number of piperidine rings is 1. The number of aryl methyl sites for hydroxylation is 2. The molecule has 33 heavy (non-hydrogen) atoms. The molecule has 0 bridgehead atoms. The number of sulfonamides is 2. The minimum Gasteiger partial charge on any atom is -0.340 e. The molecule has 0 aromatic carbocycles. The lowest BCUT2D eigenvalue weighted by molar-refractivity contribution is -0.137. The molecule has 0 spiro atoms. The van der Waals surface area contributed by atoms with Crippen molar-refractivity contribution >= 4 is 26.0 Å². The molecule has 182 valence electrons. The molecule has 2 saturated heterocycles. The monoisotopic (exact) mass is 499 g/mol. The summed E-state index contributed by atoms with van der Waals surface area (Å²) in [5.41, 5.74) is 0.550. The average molecular weight is 500 g/mol. The Morgan fingerprint density at radius 1 is 0.939 bits per heavy atom. The third-order valence-electron chi connectivity index (χ3n) is 6.41. The van der Waals surface area contributed by atoms with E-state index in [1.54, 1.807) is 25.9 Å². The molecule has 0 aliphatic carbocycles. The maximum Gasteiger partial charge on any atom is 0.246 e. The third-order valence-corrected chi connectivity index (χ3v) is 10.2. The minimum atomic E-state index is -3.74. The van der Waals surface area contributed by atoms with Gasteiger partial charge in [0.2, 0.25) is 26.0 Å². The van der Waals surface area contributed by atoms with Crippen molar-refractivity contribution in [1.29, 1.82) is 0 Å². The van der Waals surface area contributed by atoms with Gasteiger partial charge in [0.1, 0.15) is 9.79 Å². The Hall–Kier alpha value is -2.29. The van der Waals surface area contributed by atoms with Crippen LogP contribution in [0, 0.1) is 12.8 Å². The molecule has 12 nitrogen and oxygen atoms in total. The topological polar surface area (TPSA) is 131 Å². The molecule has 4 rings (SSSR count). The van der Waals surface area contributed by atoms with E-state index >= 15 is 0 Å². The largest absolute Gasteiger partial charge is 0.340 e. The molecule has 0 N–H and O–H groups in total. The Balaban J connectivity index is 1.40. The normalized spacial score (nSPS) is 21.4. The zero-order chi connectivity index (χ0) is 24.0. The average Bonchev–Trinajstić information content (AvgIpc) is 3.39. The van der Waals surface area contributed by atoms with E-state index in [4.69, 9.17) is 0 Å². The lowest BCUT2D eigenvalue weighted by atomic mass is 9.98. The van der Waals surface area contributed by atoms with E-state index in [9.17, 15) is 21.6 Å². The fourth-order valence-corrected chi connectivity index (χ4v) is 7.44. The van der Waals surface area contributed by atoms with Crippen LogP contribution in [-0.2, 0) is 38.9 Å². The number of amides is 1. The summed E-state index contributed by atoms with van der Waals surface area (Å²) < 4.78 is 57.5. The Kier molecular flexibility index (Phi) is 6.37. The van der Waals surface area contributed by atoms with Gasteiger partial charge in [0.25, 0.3) is 0 Å². The van der Waals surface area contributed by atoms with Crippen LogP contribution in [0.2, 0.25) is 0 Å². The van der Waals surface area contributed by atoms with Crippen molar-refractivity contribution in [2.45, 2.75) is 29.6 Å². The maximum absolute atomic E-state index is 13.2. The summed E-state index contributed by atoms with van der Waals surface area (Å²) in [4.78, 5) is 15.1. The quantitative estimate of drug-likeness (QED) is 0.537. The lowest BCUT2D eigenvalue weighted by Crippen LogP contribution is -2.54. The highest BCUT2D eigenvalue weighted by atomic mass is 32.2. The second kappa shape index (κ2) is 8.81. The highest BCUT2D eigenvalue weighted by molar-refractivity contribution is 7.89. The molecular weight excluding hydrogens is 470 g/mol. The Bertz CT molecular complexity index is 1240. The van der Waals surface area contributed by atoms with Crippen LogP contribution in [0.4, 0.5) is 0 Å². The molecule has 4 heterocycles. The summed E-state index contributed by atoms with van der Waals surface area (Å²) in [6, 6.07) is 0. The first-order chi connectivity index (χ1) is 15.5. The van der Waals surface area contributed by atoms with Crippen LogP contribution >= 0.6 is 0 Å². The molecule has 1 atom stereocenters. The lowest BCUT2D eigenvalue weighted by Gasteiger charge is -2.38. The van der Waals surface area contributed by atoms with Gasteiger partial charge in [-0.3, -0.25) is 14.2 Å². The Labute approximate surface area is 193 Å². The van der Waals surface area contributed by atoms with Gasteiger partial charge in [0, 0.05) is 59.6 Å². The van der Waals surface area contributed by atoms with E-state index in [0.29, 0.717) is 25.1 Å². The summed E-state index contributed by atoms with van der Waals surface area (Å²) in [5, 5.41) is 7.96. The van der Waals surface area contributed by atoms with Gasteiger partial charge >= 0.3 is 0 Å². The van der Waals surface area contributed by atoms with Crippen LogP contribution in [0.15, 0.2) is 28.4 Å². The minimum absolute atomic E-state index is 0.115. The van der Waals surface area contributed by atoms with Gasteiger partial charge in [-0.2, -0.15) is 18.8 Å². The van der Waals surface area contributed by atoms with Crippen LogP contribution in [0.5, 0.6) is 0 Å². The fourth-order valence-electron chi connectivity index (χ4n) is 4.32. The van der Waals surface area contributed by atoms with Crippen molar-refractivity contribution in [3.8, 4) is 0 Å². The zero-order valence-electron chi connectivity index (χ0n) is 19.0. The molecule has 14 heteroatoms. The van der Waals surface area contributed by atoms with Crippen molar-refractivity contribution in [3.05, 3.63) is 24.3 Å². The van der Waals surface area contributed by atoms with Crippen molar-refractivity contribution in [3.63, 3.8) is 0 Å². The second-order valence-corrected chi connectivity index (χ2v) is 12.3. The maximum atomic E-state index is 13.2. The number of hydrogen-bond donors (Lipinski definition) is 0. The fraction of sp³-hybridized carbons (Fsp3) is 0.632. The highest BCUT2D eigenvalue weighted by Crippen LogP contribution is 2.27. The van der Waals surface area contributed by atoms with Crippen molar-refractivity contribution in [2.75, 3.05) is 39.3 Å². The Morgan fingerprint density at radius 3 is 2.21 bits per heavy atom. The van der Waals surface area contributed by atoms with E-state index in [2.05, 4.69) is 10.2 Å². The summed E-state index contributed by atoms with van der Waals surface area (Å²) in [6.07, 6.45) is 5.30. The van der Waals surface area contributed by atoms with Crippen molar-refractivity contribution < 1.29 is 21.6 Å². The van der Waals surface area contributed by atoms with E-state index in [0.717, 1.165) is 0 Å². The number of carbonyl (C=O) groups is 1. The van der Waals surface area contributed by atoms with Gasteiger partial charge in [-0.15, -0.1) is 0 Å². The van der Waals surface area contributed by atoms with Gasteiger partial charge in [-0.25, -0.2) is 16.8 Å². The summed E-state index contributed by atoms with van der Waals surface area (Å²) in [5.74, 6) is -0.580. The van der Waals surface area contributed by atoms with E-state index in [1.165, 1.54) is 36.6 Å². The first kappa shape index (κ1) is 23.9. The molecule has 2 aliphatic rings. The first-order valence-corrected chi connectivity index (χ1v) is 13.7. The second-order valence-electron chi connectivity index (χ2n) is 8.50. The van der Waals surface area contributed by atoms with Crippen molar-refractivity contribution in [1.82, 2.24) is 33.1 Å². The van der Waals surface area contributed by atoms with Crippen LogP contribution in [0.3, 0.4) is 0 Å². The van der Waals surface area contributed by atoms with E-state index in [-0.39, 0.29) is 48.4 Å². The predicted molar refractivity (Wildman–Crippen MR) is 118 cm³/mol. The molecule has 1 amide bonds. The molecule has 2 aliphatic heterocycles. The predicted octanol–water partition coefficient (Wildman–Crippen LogP) is -0.604. The molecule has 0 radical (unpaired) electrons. The van der Waals surface area contributed by atoms with Crippen molar-refractivity contribution in [2.24, 2.45) is 20.0 Å². The molecule has 2 fully saturated rings.